The van der Waals surface area contributed by atoms with Crippen molar-refractivity contribution in [1.82, 2.24) is 0 Å². The predicted molar refractivity (Wildman–Crippen MR) is 81.1 cm³/mol. The van der Waals surface area contributed by atoms with Gasteiger partial charge in [0.2, 0.25) is 0 Å². The molecule has 0 radical (unpaired) electrons. The van der Waals surface area contributed by atoms with Gasteiger partial charge in [0.05, 0.1) is 7.11 Å². The first kappa shape index (κ1) is 13.3. The summed E-state index contributed by atoms with van der Waals surface area (Å²) in [6.45, 7) is 0.872. The number of nitrogens with zero attached hydrogens (tertiary/aromatic N) is 1. The zero-order valence-electron chi connectivity index (χ0n) is 11.7. The Morgan fingerprint density at radius 3 is 2.47 bits per heavy atom. The first-order valence-corrected chi connectivity index (χ1v) is 6.35. The van der Waals surface area contributed by atoms with Crippen LogP contribution in [0.25, 0.3) is 0 Å². The van der Waals surface area contributed by atoms with E-state index < -0.39 is 0 Å². The summed E-state index contributed by atoms with van der Waals surface area (Å²) >= 11 is 0. The largest absolute Gasteiger partial charge is 0.497 e. The summed E-state index contributed by atoms with van der Waals surface area (Å²) in [4.78, 5) is 2.22. The van der Waals surface area contributed by atoms with E-state index in [9.17, 15) is 0 Å². The quantitative estimate of drug-likeness (QED) is 0.887. The number of ether oxygens (including phenoxy) is 1. The van der Waals surface area contributed by atoms with E-state index in [0.717, 1.165) is 18.0 Å². The maximum Gasteiger partial charge on any atom is 0.118 e. The van der Waals surface area contributed by atoms with Crippen LogP contribution in [0.5, 0.6) is 5.75 Å². The van der Waals surface area contributed by atoms with Gasteiger partial charge in [0.15, 0.2) is 0 Å². The van der Waals surface area contributed by atoms with Crippen LogP contribution in [0.1, 0.15) is 5.56 Å². The number of anilines is 2. The second kappa shape index (κ2) is 6.14. The molecule has 3 heteroatoms. The van der Waals surface area contributed by atoms with Crippen LogP contribution in [-0.2, 0) is 6.54 Å². The van der Waals surface area contributed by atoms with Crippen LogP contribution in [0.4, 0.5) is 11.4 Å². The van der Waals surface area contributed by atoms with E-state index in [1.807, 2.05) is 19.2 Å². The molecule has 0 bridgehead atoms. The van der Waals surface area contributed by atoms with Crippen LogP contribution in [-0.4, -0.2) is 21.2 Å². The van der Waals surface area contributed by atoms with Gasteiger partial charge < -0.3 is 15.0 Å². The molecule has 19 heavy (non-hydrogen) atoms. The van der Waals surface area contributed by atoms with E-state index in [1.165, 1.54) is 11.3 Å². The van der Waals surface area contributed by atoms with Crippen molar-refractivity contribution in [3.63, 3.8) is 0 Å². The average molecular weight is 256 g/mol. The fourth-order valence-electron chi connectivity index (χ4n) is 1.99. The van der Waals surface area contributed by atoms with Gasteiger partial charge >= 0.3 is 0 Å². The Labute approximate surface area is 114 Å². The van der Waals surface area contributed by atoms with E-state index in [4.69, 9.17) is 4.74 Å². The van der Waals surface area contributed by atoms with E-state index in [1.54, 1.807) is 7.11 Å². The van der Waals surface area contributed by atoms with Crippen molar-refractivity contribution < 1.29 is 4.74 Å². The number of benzene rings is 2. The second-order valence-electron chi connectivity index (χ2n) is 4.50. The van der Waals surface area contributed by atoms with Crippen molar-refractivity contribution >= 4 is 11.4 Å². The lowest BCUT2D eigenvalue weighted by Gasteiger charge is -2.20. The summed E-state index contributed by atoms with van der Waals surface area (Å²) in [5, 5.41) is 3.16. The van der Waals surface area contributed by atoms with E-state index in [-0.39, 0.29) is 0 Å². The van der Waals surface area contributed by atoms with Gasteiger partial charge in [-0.2, -0.15) is 0 Å². The molecule has 0 spiro atoms. The smallest absolute Gasteiger partial charge is 0.118 e. The molecule has 0 saturated carbocycles. The lowest BCUT2D eigenvalue weighted by atomic mass is 10.2. The molecule has 0 aromatic heterocycles. The summed E-state index contributed by atoms with van der Waals surface area (Å²) in [7, 11) is 5.71. The van der Waals surface area contributed by atoms with Crippen LogP contribution in [0.2, 0.25) is 0 Å². The van der Waals surface area contributed by atoms with Crippen molar-refractivity contribution in [1.29, 1.82) is 0 Å². The monoisotopic (exact) mass is 256 g/mol. The van der Waals surface area contributed by atoms with Gasteiger partial charge in [0.25, 0.3) is 0 Å². The molecule has 2 rings (SSSR count). The number of nitrogens with one attached hydrogen (secondary N) is 1. The molecule has 0 amide bonds. The summed E-state index contributed by atoms with van der Waals surface area (Å²) < 4.78 is 5.17. The zero-order valence-corrected chi connectivity index (χ0v) is 11.7. The Kier molecular flexibility index (Phi) is 4.29. The van der Waals surface area contributed by atoms with Crippen LogP contribution in [0.3, 0.4) is 0 Å². The number of hydrogen-bond acceptors (Lipinski definition) is 3. The fourth-order valence-corrected chi connectivity index (χ4v) is 1.99. The minimum absolute atomic E-state index is 0.872. The van der Waals surface area contributed by atoms with Gasteiger partial charge in [-0.3, -0.25) is 0 Å². The molecule has 2 aromatic rings. The average Bonchev–Trinajstić information content (AvgIpc) is 2.48. The zero-order chi connectivity index (χ0) is 13.7. The van der Waals surface area contributed by atoms with Crippen molar-refractivity contribution in [2.45, 2.75) is 6.54 Å². The summed E-state index contributed by atoms with van der Waals surface area (Å²) in [6, 6.07) is 16.6. The maximum atomic E-state index is 5.17. The summed E-state index contributed by atoms with van der Waals surface area (Å²) in [5.41, 5.74) is 3.58. The Hall–Kier alpha value is -2.16. The standard InChI is InChI=1S/C16H20N2O/c1-17-14-5-4-6-15(11-14)18(2)12-13-7-9-16(19-3)10-8-13/h4-11,17H,12H2,1-3H3. The first-order valence-electron chi connectivity index (χ1n) is 6.35. The van der Waals surface area contributed by atoms with Gasteiger partial charge in [0.1, 0.15) is 5.75 Å². The van der Waals surface area contributed by atoms with Gasteiger partial charge in [-0.1, -0.05) is 18.2 Å². The molecule has 100 valence electrons. The molecule has 2 aromatic carbocycles. The SMILES string of the molecule is CNc1cccc(N(C)Cc2ccc(OC)cc2)c1. The third kappa shape index (κ3) is 3.41. The lowest BCUT2D eigenvalue weighted by Crippen LogP contribution is -2.16. The molecule has 0 saturated heterocycles. The summed E-state index contributed by atoms with van der Waals surface area (Å²) in [5.74, 6) is 0.892. The number of rotatable bonds is 5. The third-order valence-electron chi connectivity index (χ3n) is 3.15. The van der Waals surface area contributed by atoms with Crippen molar-refractivity contribution in [2.24, 2.45) is 0 Å². The van der Waals surface area contributed by atoms with Gasteiger partial charge in [-0.15, -0.1) is 0 Å². The molecule has 0 fully saturated rings. The van der Waals surface area contributed by atoms with Crippen LogP contribution in [0.15, 0.2) is 48.5 Å². The molecule has 0 aliphatic heterocycles. The minimum Gasteiger partial charge on any atom is -0.497 e. The molecule has 0 aliphatic carbocycles. The summed E-state index contributed by atoms with van der Waals surface area (Å²) in [6.07, 6.45) is 0. The third-order valence-corrected chi connectivity index (χ3v) is 3.15. The van der Waals surface area contributed by atoms with Crippen molar-refractivity contribution in [3.8, 4) is 5.75 Å². The second-order valence-corrected chi connectivity index (χ2v) is 4.50. The highest BCUT2D eigenvalue weighted by atomic mass is 16.5. The lowest BCUT2D eigenvalue weighted by molar-refractivity contribution is 0.414. The van der Waals surface area contributed by atoms with Crippen molar-refractivity contribution in [3.05, 3.63) is 54.1 Å². The van der Waals surface area contributed by atoms with Gasteiger partial charge in [0, 0.05) is 32.0 Å². The first-order chi connectivity index (χ1) is 9.22. The molecule has 0 unspecified atom stereocenters. The van der Waals surface area contributed by atoms with Gasteiger partial charge in [-0.05, 0) is 35.9 Å². The maximum absolute atomic E-state index is 5.17. The Balaban J connectivity index is 2.08. The normalized spacial score (nSPS) is 10.1. The van der Waals surface area contributed by atoms with Crippen molar-refractivity contribution in [2.75, 3.05) is 31.4 Å². The molecular weight excluding hydrogens is 236 g/mol. The molecule has 0 atom stereocenters. The highest BCUT2D eigenvalue weighted by Crippen LogP contribution is 2.20. The number of methoxy groups -OCH3 is 1. The Morgan fingerprint density at radius 2 is 1.84 bits per heavy atom. The molecule has 3 nitrogen and oxygen atoms in total. The highest BCUT2D eigenvalue weighted by molar-refractivity contribution is 5.57. The fraction of sp³-hybridized carbons (Fsp3) is 0.250. The van der Waals surface area contributed by atoms with Crippen LogP contribution < -0.4 is 15.0 Å². The van der Waals surface area contributed by atoms with Crippen LogP contribution in [0, 0.1) is 0 Å². The molecule has 0 aliphatic rings. The molecule has 1 N–H and O–H groups in total. The molecule has 0 heterocycles. The van der Waals surface area contributed by atoms with Gasteiger partial charge in [-0.25, -0.2) is 0 Å². The predicted octanol–water partition coefficient (Wildman–Crippen LogP) is 3.37. The Bertz CT molecular complexity index is 523. The highest BCUT2D eigenvalue weighted by Gasteiger charge is 2.03. The van der Waals surface area contributed by atoms with E-state index in [0.29, 0.717) is 0 Å². The topological polar surface area (TPSA) is 24.5 Å². The number of hydrogen-bond donors (Lipinski definition) is 1. The van der Waals surface area contributed by atoms with Crippen LogP contribution >= 0.6 is 0 Å². The van der Waals surface area contributed by atoms with E-state index in [2.05, 4.69) is 53.7 Å². The van der Waals surface area contributed by atoms with E-state index >= 15 is 0 Å². The minimum atomic E-state index is 0.872. The Morgan fingerprint density at radius 1 is 1.11 bits per heavy atom. The molecular formula is C16H20N2O.